The number of nitrogens with one attached hydrogen (secondary N) is 2. The summed E-state index contributed by atoms with van der Waals surface area (Å²) in [6.07, 6.45) is 2.87. The average Bonchev–Trinajstić information content (AvgIpc) is 3.62. The average molecular weight is 573 g/mol. The number of carbonyl (C=O) groups excluding carboxylic acids is 3. The van der Waals surface area contributed by atoms with Crippen molar-refractivity contribution in [3.8, 4) is 10.4 Å². The Morgan fingerprint density at radius 3 is 2.51 bits per heavy atom. The molecular formula is C30H29FN6O3S. The summed E-state index contributed by atoms with van der Waals surface area (Å²) in [5.74, 6) is -0.555. The first-order valence-corrected chi connectivity index (χ1v) is 13.6. The summed E-state index contributed by atoms with van der Waals surface area (Å²) in [7, 11) is 3.29. The van der Waals surface area contributed by atoms with Gasteiger partial charge < -0.3 is 14.8 Å². The summed E-state index contributed by atoms with van der Waals surface area (Å²) < 4.78 is 15.5. The van der Waals surface area contributed by atoms with E-state index in [1.54, 1.807) is 49.3 Å². The lowest BCUT2D eigenvalue weighted by atomic mass is 10.2. The summed E-state index contributed by atoms with van der Waals surface area (Å²) in [6.45, 7) is 2.72. The number of pyridine rings is 1. The van der Waals surface area contributed by atoms with Gasteiger partial charge >= 0.3 is 0 Å². The molecule has 0 aliphatic rings. The standard InChI is InChI=1S/C28H24FN5O2S.C2H5NO/c1-3-15-34-22-10-9-20(33(2)27(36)18-7-5-4-6-8-18)17-21(22)31-28(34)32-26(35)24-12-11-23(37-24)19-13-14-30-25(29)16-19;1-3-2-4/h4-14,16-17H,3,15H2,1-2H3,(H,31,32,35);2H,1H3,(H,3,4). The Hall–Kier alpha value is -4.90. The molecule has 2 aromatic carbocycles. The molecule has 11 heteroatoms. The molecule has 0 spiro atoms. The maximum atomic E-state index is 13.5. The van der Waals surface area contributed by atoms with E-state index < -0.39 is 5.95 Å². The van der Waals surface area contributed by atoms with Crippen molar-refractivity contribution in [3.63, 3.8) is 0 Å². The van der Waals surface area contributed by atoms with Gasteiger partial charge in [0.05, 0.1) is 15.9 Å². The minimum atomic E-state index is -0.569. The van der Waals surface area contributed by atoms with Crippen LogP contribution in [-0.4, -0.2) is 46.9 Å². The summed E-state index contributed by atoms with van der Waals surface area (Å²) in [6, 6.07) is 21.3. The molecule has 210 valence electrons. The second-order valence-electron chi connectivity index (χ2n) is 8.88. The number of carbonyl (C=O) groups is 3. The summed E-state index contributed by atoms with van der Waals surface area (Å²) in [5.41, 5.74) is 3.50. The number of halogens is 1. The van der Waals surface area contributed by atoms with Gasteiger partial charge in [-0.2, -0.15) is 4.39 Å². The Labute approximate surface area is 240 Å². The van der Waals surface area contributed by atoms with E-state index in [0.29, 0.717) is 46.1 Å². The van der Waals surface area contributed by atoms with Gasteiger partial charge in [-0.25, -0.2) is 9.97 Å². The highest BCUT2D eigenvalue weighted by Crippen LogP contribution is 2.30. The number of fused-ring (bicyclic) bond motifs is 1. The Bertz CT molecular complexity index is 1670. The minimum absolute atomic E-state index is 0.121. The molecule has 41 heavy (non-hydrogen) atoms. The number of amides is 3. The molecule has 9 nitrogen and oxygen atoms in total. The minimum Gasteiger partial charge on any atom is -0.362 e. The van der Waals surface area contributed by atoms with Crippen LogP contribution in [0.1, 0.15) is 33.4 Å². The molecule has 0 aliphatic carbocycles. The number of anilines is 2. The Morgan fingerprint density at radius 2 is 1.83 bits per heavy atom. The predicted octanol–water partition coefficient (Wildman–Crippen LogP) is 5.60. The number of imidazole rings is 1. The number of rotatable bonds is 8. The molecule has 5 aromatic rings. The topological polar surface area (TPSA) is 109 Å². The Kier molecular flexibility index (Phi) is 9.54. The fraction of sp³-hybridized carbons (Fsp3) is 0.167. The number of hydrogen-bond donors (Lipinski definition) is 2. The lowest BCUT2D eigenvalue weighted by Crippen LogP contribution is -2.26. The number of nitrogens with zero attached hydrogens (tertiary/aromatic N) is 4. The highest BCUT2D eigenvalue weighted by Gasteiger charge is 2.19. The summed E-state index contributed by atoms with van der Waals surface area (Å²) >= 11 is 1.27. The van der Waals surface area contributed by atoms with E-state index in [4.69, 9.17) is 4.79 Å². The highest BCUT2D eigenvalue weighted by atomic mass is 32.1. The normalized spacial score (nSPS) is 10.4. The van der Waals surface area contributed by atoms with E-state index >= 15 is 0 Å². The van der Waals surface area contributed by atoms with Crippen molar-refractivity contribution in [3.05, 3.63) is 95.4 Å². The molecule has 2 N–H and O–H groups in total. The zero-order valence-corrected chi connectivity index (χ0v) is 23.6. The zero-order chi connectivity index (χ0) is 29.4. The van der Waals surface area contributed by atoms with E-state index in [2.05, 4.69) is 27.5 Å². The molecule has 3 heterocycles. The number of aromatic nitrogens is 3. The molecule has 0 atom stereocenters. The molecule has 3 aromatic heterocycles. The molecule has 0 saturated heterocycles. The van der Waals surface area contributed by atoms with Crippen LogP contribution >= 0.6 is 11.3 Å². The van der Waals surface area contributed by atoms with Crippen molar-refractivity contribution >= 4 is 52.2 Å². The third-order valence-corrected chi connectivity index (χ3v) is 7.21. The van der Waals surface area contributed by atoms with Gasteiger partial charge in [-0.05, 0) is 60.5 Å². The quantitative estimate of drug-likeness (QED) is 0.186. The predicted molar refractivity (Wildman–Crippen MR) is 160 cm³/mol. The van der Waals surface area contributed by atoms with Gasteiger partial charge in [0.1, 0.15) is 0 Å². The van der Waals surface area contributed by atoms with Crippen LogP contribution in [0.5, 0.6) is 0 Å². The van der Waals surface area contributed by atoms with Gasteiger partial charge in [-0.3, -0.25) is 19.7 Å². The van der Waals surface area contributed by atoms with Crippen molar-refractivity contribution in [1.82, 2.24) is 19.9 Å². The van der Waals surface area contributed by atoms with Crippen LogP contribution in [0.2, 0.25) is 0 Å². The van der Waals surface area contributed by atoms with E-state index in [-0.39, 0.29) is 11.8 Å². The lowest BCUT2D eigenvalue weighted by molar-refractivity contribution is -0.109. The largest absolute Gasteiger partial charge is 0.362 e. The van der Waals surface area contributed by atoms with E-state index in [1.807, 2.05) is 41.0 Å². The molecular weight excluding hydrogens is 543 g/mol. The smallest absolute Gasteiger partial charge is 0.268 e. The van der Waals surface area contributed by atoms with Gasteiger partial charge in [0, 0.05) is 49.0 Å². The molecule has 5 rings (SSSR count). The van der Waals surface area contributed by atoms with Crippen LogP contribution in [0, 0.1) is 5.95 Å². The second-order valence-corrected chi connectivity index (χ2v) is 9.97. The third kappa shape index (κ3) is 6.82. The number of hydrogen-bond acceptors (Lipinski definition) is 6. The lowest BCUT2D eigenvalue weighted by Gasteiger charge is -2.17. The van der Waals surface area contributed by atoms with E-state index in [9.17, 15) is 14.0 Å². The number of aryl methyl sites for hydroxylation is 1. The Balaban J connectivity index is 0.000000909. The van der Waals surface area contributed by atoms with Crippen molar-refractivity contribution < 1.29 is 18.8 Å². The first kappa shape index (κ1) is 29.1. The van der Waals surface area contributed by atoms with Crippen molar-refractivity contribution in [1.29, 1.82) is 0 Å². The van der Waals surface area contributed by atoms with Crippen LogP contribution in [0.15, 0.2) is 79.0 Å². The molecule has 0 aliphatic heterocycles. The number of benzene rings is 2. The van der Waals surface area contributed by atoms with Gasteiger partial charge in [0.25, 0.3) is 11.8 Å². The maximum Gasteiger partial charge on any atom is 0.268 e. The van der Waals surface area contributed by atoms with E-state index in [1.165, 1.54) is 23.6 Å². The van der Waals surface area contributed by atoms with Gasteiger partial charge in [-0.1, -0.05) is 25.1 Å². The molecule has 0 radical (unpaired) electrons. The molecule has 0 bridgehead atoms. The van der Waals surface area contributed by atoms with Crippen LogP contribution < -0.4 is 15.5 Å². The van der Waals surface area contributed by atoms with Gasteiger partial charge in [0.2, 0.25) is 18.3 Å². The van der Waals surface area contributed by atoms with Crippen LogP contribution in [-0.2, 0) is 11.3 Å². The first-order valence-electron chi connectivity index (χ1n) is 12.8. The van der Waals surface area contributed by atoms with Crippen LogP contribution in [0.25, 0.3) is 21.5 Å². The monoisotopic (exact) mass is 572 g/mol. The second kappa shape index (κ2) is 13.4. The van der Waals surface area contributed by atoms with Crippen LogP contribution in [0.3, 0.4) is 0 Å². The SMILES string of the molecule is CCCn1c(NC(=O)c2ccc(-c3ccnc(F)c3)s2)nc2cc(N(C)C(=O)c3ccccc3)ccc21.CNC=O. The number of thiophene rings is 1. The Morgan fingerprint density at radius 1 is 1.07 bits per heavy atom. The fourth-order valence-corrected chi connectivity index (χ4v) is 5.00. The molecule has 0 fully saturated rings. The highest BCUT2D eigenvalue weighted by molar-refractivity contribution is 7.17. The van der Waals surface area contributed by atoms with Gasteiger partial charge in [-0.15, -0.1) is 11.3 Å². The fourth-order valence-electron chi connectivity index (χ4n) is 4.10. The van der Waals surface area contributed by atoms with E-state index in [0.717, 1.165) is 16.8 Å². The van der Waals surface area contributed by atoms with Gasteiger partial charge in [0.15, 0.2) is 0 Å². The van der Waals surface area contributed by atoms with Crippen molar-refractivity contribution in [2.45, 2.75) is 19.9 Å². The van der Waals surface area contributed by atoms with Crippen molar-refractivity contribution in [2.75, 3.05) is 24.3 Å². The first-order chi connectivity index (χ1) is 19.9. The third-order valence-electron chi connectivity index (χ3n) is 6.08. The van der Waals surface area contributed by atoms with Crippen molar-refractivity contribution in [2.24, 2.45) is 0 Å². The maximum absolute atomic E-state index is 13.5. The molecule has 3 amide bonds. The summed E-state index contributed by atoms with van der Waals surface area (Å²) in [5, 5.41) is 5.18. The molecule has 0 unspecified atom stereocenters. The van der Waals surface area contributed by atoms with Crippen LogP contribution in [0.4, 0.5) is 16.0 Å². The zero-order valence-electron chi connectivity index (χ0n) is 22.8. The molecule has 0 saturated carbocycles. The summed E-state index contributed by atoms with van der Waals surface area (Å²) in [4.78, 5) is 46.2.